The van der Waals surface area contributed by atoms with Crippen molar-refractivity contribution >= 4 is 27.3 Å². The Bertz CT molecular complexity index is 872. The summed E-state index contributed by atoms with van der Waals surface area (Å²) in [4.78, 5) is 25.6. The minimum atomic E-state index is -3.38. The molecule has 2 aromatic carbocycles. The fourth-order valence-corrected chi connectivity index (χ4v) is 2.69. The van der Waals surface area contributed by atoms with Crippen LogP contribution in [0.1, 0.15) is 20.7 Å². The number of carbonyl (C=O) groups is 2. The largest absolute Gasteiger partial charge is 0.345 e. The van der Waals surface area contributed by atoms with E-state index in [1.807, 2.05) is 0 Å². The second-order valence-electron chi connectivity index (χ2n) is 5.53. The first-order chi connectivity index (χ1) is 11.2. The van der Waals surface area contributed by atoms with Crippen molar-refractivity contribution in [2.45, 2.75) is 4.90 Å². The Kier molecular flexibility index (Phi) is 5.04. The summed E-state index contributed by atoms with van der Waals surface area (Å²) in [6.45, 7) is 0. The predicted octanol–water partition coefficient (Wildman–Crippen LogP) is 2.04. The van der Waals surface area contributed by atoms with E-state index in [4.69, 9.17) is 0 Å². The molecule has 0 saturated carbocycles. The van der Waals surface area contributed by atoms with Crippen LogP contribution < -0.4 is 5.32 Å². The monoisotopic (exact) mass is 346 g/mol. The number of hydrogen-bond donors (Lipinski definition) is 1. The van der Waals surface area contributed by atoms with Gasteiger partial charge in [0.1, 0.15) is 0 Å². The number of carbonyl (C=O) groups excluding carboxylic acids is 2. The van der Waals surface area contributed by atoms with E-state index < -0.39 is 15.7 Å². The molecule has 0 atom stereocenters. The van der Waals surface area contributed by atoms with Crippen LogP contribution in [0.3, 0.4) is 0 Å². The second kappa shape index (κ2) is 6.84. The molecule has 0 bridgehead atoms. The minimum absolute atomic E-state index is 0.0853. The minimum Gasteiger partial charge on any atom is -0.345 e. The number of benzene rings is 2. The highest BCUT2D eigenvalue weighted by atomic mass is 32.2. The van der Waals surface area contributed by atoms with Gasteiger partial charge in [-0.2, -0.15) is 0 Å². The lowest BCUT2D eigenvalue weighted by atomic mass is 10.1. The maximum absolute atomic E-state index is 12.2. The van der Waals surface area contributed by atoms with E-state index in [1.165, 1.54) is 29.2 Å². The molecule has 0 unspecified atom stereocenters. The van der Waals surface area contributed by atoms with Gasteiger partial charge in [0.15, 0.2) is 9.84 Å². The zero-order chi connectivity index (χ0) is 17.9. The zero-order valence-corrected chi connectivity index (χ0v) is 14.4. The average Bonchev–Trinajstić information content (AvgIpc) is 2.54. The summed E-state index contributed by atoms with van der Waals surface area (Å²) in [6, 6.07) is 12.3. The lowest BCUT2D eigenvalue weighted by Gasteiger charge is -2.11. The smallest absolute Gasteiger partial charge is 0.255 e. The summed E-state index contributed by atoms with van der Waals surface area (Å²) in [6.07, 6.45) is 1.09. The van der Waals surface area contributed by atoms with Crippen molar-refractivity contribution in [2.24, 2.45) is 0 Å². The molecule has 0 heterocycles. The molecule has 0 aromatic heterocycles. The highest BCUT2D eigenvalue weighted by molar-refractivity contribution is 7.90. The Balaban J connectivity index is 2.17. The molecule has 2 amide bonds. The Morgan fingerprint density at radius 1 is 0.958 bits per heavy atom. The highest BCUT2D eigenvalue weighted by Crippen LogP contribution is 2.15. The van der Waals surface area contributed by atoms with Gasteiger partial charge in [0.25, 0.3) is 11.8 Å². The van der Waals surface area contributed by atoms with Gasteiger partial charge in [-0.25, -0.2) is 8.42 Å². The molecule has 6 nitrogen and oxygen atoms in total. The van der Waals surface area contributed by atoms with Crippen LogP contribution >= 0.6 is 0 Å². The van der Waals surface area contributed by atoms with Crippen molar-refractivity contribution in [2.75, 3.05) is 25.7 Å². The summed E-state index contributed by atoms with van der Waals surface area (Å²) < 4.78 is 23.1. The molecule has 7 heteroatoms. The Labute approximate surface area is 141 Å². The SMILES string of the molecule is CN(C)C(=O)c1ccc(NC(=O)c2cccc(S(C)(=O)=O)c2)cc1. The summed E-state index contributed by atoms with van der Waals surface area (Å²) >= 11 is 0. The molecule has 0 saturated heterocycles. The standard InChI is InChI=1S/C17H18N2O4S/c1-19(2)17(21)12-7-9-14(10-8-12)18-16(20)13-5-4-6-15(11-13)24(3,22)23/h4-11H,1-3H3,(H,18,20). The third-order valence-corrected chi connectivity index (χ3v) is 4.43. The van der Waals surface area contributed by atoms with Crippen molar-refractivity contribution in [1.29, 1.82) is 0 Å². The Morgan fingerprint density at radius 2 is 1.58 bits per heavy atom. The summed E-state index contributed by atoms with van der Waals surface area (Å²) in [5, 5.41) is 2.67. The normalized spacial score (nSPS) is 11.0. The van der Waals surface area contributed by atoms with E-state index in [1.54, 1.807) is 38.4 Å². The molecule has 0 radical (unpaired) electrons. The Hall–Kier alpha value is -2.67. The molecule has 24 heavy (non-hydrogen) atoms. The predicted molar refractivity (Wildman–Crippen MR) is 92.0 cm³/mol. The molecule has 0 spiro atoms. The number of hydrogen-bond acceptors (Lipinski definition) is 4. The molecule has 2 aromatic rings. The van der Waals surface area contributed by atoms with Gasteiger partial charge in [0.05, 0.1) is 4.90 Å². The average molecular weight is 346 g/mol. The van der Waals surface area contributed by atoms with Crippen LogP contribution in [0.4, 0.5) is 5.69 Å². The first-order valence-corrected chi connectivity index (χ1v) is 9.01. The van der Waals surface area contributed by atoms with E-state index in [0.29, 0.717) is 11.3 Å². The van der Waals surface area contributed by atoms with E-state index >= 15 is 0 Å². The fourth-order valence-electron chi connectivity index (χ4n) is 2.03. The fraction of sp³-hybridized carbons (Fsp3) is 0.176. The summed E-state index contributed by atoms with van der Waals surface area (Å²) in [7, 11) is -0.0581. The maximum atomic E-state index is 12.2. The zero-order valence-electron chi connectivity index (χ0n) is 13.6. The molecule has 126 valence electrons. The quantitative estimate of drug-likeness (QED) is 0.918. The van der Waals surface area contributed by atoms with Gasteiger partial charge < -0.3 is 10.2 Å². The van der Waals surface area contributed by atoms with E-state index in [0.717, 1.165) is 6.26 Å². The molecular weight excluding hydrogens is 328 g/mol. The van der Waals surface area contributed by atoms with Gasteiger partial charge in [-0.1, -0.05) is 6.07 Å². The lowest BCUT2D eigenvalue weighted by molar-refractivity contribution is 0.0827. The van der Waals surface area contributed by atoms with Gasteiger partial charge in [-0.3, -0.25) is 9.59 Å². The van der Waals surface area contributed by atoms with Crippen LogP contribution in [-0.4, -0.2) is 45.5 Å². The number of rotatable bonds is 4. The number of nitrogens with zero attached hydrogens (tertiary/aromatic N) is 1. The van der Waals surface area contributed by atoms with Crippen LogP contribution in [0.2, 0.25) is 0 Å². The van der Waals surface area contributed by atoms with E-state index in [9.17, 15) is 18.0 Å². The van der Waals surface area contributed by atoms with Crippen molar-refractivity contribution in [1.82, 2.24) is 4.90 Å². The molecule has 0 aliphatic carbocycles. The maximum Gasteiger partial charge on any atom is 0.255 e. The van der Waals surface area contributed by atoms with E-state index in [2.05, 4.69) is 5.32 Å². The third-order valence-electron chi connectivity index (χ3n) is 3.32. The molecule has 2 rings (SSSR count). The van der Waals surface area contributed by atoms with Crippen molar-refractivity contribution in [3.8, 4) is 0 Å². The van der Waals surface area contributed by atoms with Gasteiger partial charge >= 0.3 is 0 Å². The highest BCUT2D eigenvalue weighted by Gasteiger charge is 2.12. The first-order valence-electron chi connectivity index (χ1n) is 7.11. The Morgan fingerprint density at radius 3 is 2.12 bits per heavy atom. The van der Waals surface area contributed by atoms with Crippen LogP contribution in [-0.2, 0) is 9.84 Å². The van der Waals surface area contributed by atoms with Crippen LogP contribution in [0.15, 0.2) is 53.4 Å². The van der Waals surface area contributed by atoms with Gasteiger partial charge in [-0.15, -0.1) is 0 Å². The van der Waals surface area contributed by atoms with Crippen LogP contribution in [0, 0.1) is 0 Å². The molecule has 0 aliphatic rings. The third kappa shape index (κ3) is 4.20. The van der Waals surface area contributed by atoms with Gasteiger partial charge in [-0.05, 0) is 42.5 Å². The number of nitrogens with one attached hydrogen (secondary N) is 1. The van der Waals surface area contributed by atoms with Crippen molar-refractivity contribution in [3.05, 3.63) is 59.7 Å². The van der Waals surface area contributed by atoms with Crippen molar-refractivity contribution in [3.63, 3.8) is 0 Å². The summed E-state index contributed by atoms with van der Waals surface area (Å²) in [5.41, 5.74) is 1.27. The molecule has 0 aliphatic heterocycles. The van der Waals surface area contributed by atoms with Crippen molar-refractivity contribution < 1.29 is 18.0 Å². The molecular formula is C17H18N2O4S. The van der Waals surface area contributed by atoms with Gasteiger partial charge in [0.2, 0.25) is 0 Å². The molecule has 1 N–H and O–H groups in total. The summed E-state index contributed by atoms with van der Waals surface area (Å²) in [5.74, 6) is -0.555. The topological polar surface area (TPSA) is 83.6 Å². The van der Waals surface area contributed by atoms with Crippen LogP contribution in [0.25, 0.3) is 0 Å². The molecule has 0 fully saturated rings. The lowest BCUT2D eigenvalue weighted by Crippen LogP contribution is -2.21. The van der Waals surface area contributed by atoms with E-state index in [-0.39, 0.29) is 16.4 Å². The number of anilines is 1. The number of amides is 2. The first kappa shape index (κ1) is 17.7. The number of sulfone groups is 1. The van der Waals surface area contributed by atoms with Gasteiger partial charge in [0, 0.05) is 37.2 Å². The van der Waals surface area contributed by atoms with Crippen LogP contribution in [0.5, 0.6) is 0 Å². The second-order valence-corrected chi connectivity index (χ2v) is 7.55.